The largest absolute Gasteiger partial charge is 0.305 e. The molecule has 2 rings (SSSR count). The van der Waals surface area contributed by atoms with Gasteiger partial charge in [0.05, 0.1) is 0 Å². The fraction of sp³-hybridized carbons (Fsp3) is 0.636. The van der Waals surface area contributed by atoms with Crippen LogP contribution < -0.4 is 10.6 Å². The maximum Gasteiger partial charge on any atom is 0.251 e. The molecule has 0 spiro atoms. The number of hydrogen-bond acceptors (Lipinski definition) is 3. The molecule has 2 unspecified atom stereocenters. The number of aromatic amines is 1. The summed E-state index contributed by atoms with van der Waals surface area (Å²) in [5.41, 5.74) is -0.140. The van der Waals surface area contributed by atoms with Crippen molar-refractivity contribution in [1.29, 1.82) is 0 Å². The molecule has 1 aromatic heterocycles. The van der Waals surface area contributed by atoms with E-state index < -0.39 is 0 Å². The molecule has 16 heavy (non-hydrogen) atoms. The molecule has 1 aromatic rings. The second-order valence-corrected chi connectivity index (χ2v) is 4.85. The molecule has 0 aliphatic carbocycles. The number of aromatic nitrogens is 2. The number of H-pyrrole nitrogens is 1. The summed E-state index contributed by atoms with van der Waals surface area (Å²) in [6, 6.07) is 2.44. The molecule has 1 saturated heterocycles. The quantitative estimate of drug-likeness (QED) is 0.760. The zero-order valence-electron chi connectivity index (χ0n) is 9.64. The SMILES string of the molecule is CC1CCCC(C)N1n1ccc(=O)[nH]c1=S. The Balaban J connectivity index is 2.41. The first-order valence-corrected chi connectivity index (χ1v) is 6.11. The van der Waals surface area contributed by atoms with E-state index in [1.165, 1.54) is 25.3 Å². The van der Waals surface area contributed by atoms with Crippen molar-refractivity contribution < 1.29 is 0 Å². The Hall–Kier alpha value is -1.10. The number of nitrogens with zero attached hydrogens (tertiary/aromatic N) is 2. The highest BCUT2D eigenvalue weighted by atomic mass is 32.1. The number of hydrogen-bond donors (Lipinski definition) is 1. The lowest BCUT2D eigenvalue weighted by Gasteiger charge is -2.41. The zero-order valence-corrected chi connectivity index (χ0v) is 10.5. The standard InChI is InChI=1S/C11H17N3OS/c1-8-4-3-5-9(2)14(8)13-7-6-10(15)12-11(13)16/h6-9H,3-5H2,1-2H3,(H,12,15,16). The molecule has 88 valence electrons. The predicted octanol–water partition coefficient (Wildman–Crippen LogP) is 1.80. The molecular formula is C11H17N3OS. The summed E-state index contributed by atoms with van der Waals surface area (Å²) in [6.45, 7) is 4.39. The van der Waals surface area contributed by atoms with Gasteiger partial charge in [-0.2, -0.15) is 0 Å². The van der Waals surface area contributed by atoms with Crippen molar-refractivity contribution in [1.82, 2.24) is 9.66 Å². The van der Waals surface area contributed by atoms with Gasteiger partial charge < -0.3 is 5.01 Å². The van der Waals surface area contributed by atoms with Crippen molar-refractivity contribution in [3.8, 4) is 0 Å². The lowest BCUT2D eigenvalue weighted by Crippen LogP contribution is -2.51. The van der Waals surface area contributed by atoms with Crippen molar-refractivity contribution in [2.75, 3.05) is 5.01 Å². The first kappa shape index (κ1) is 11.4. The Labute approximate surface area is 99.9 Å². The van der Waals surface area contributed by atoms with E-state index in [2.05, 4.69) is 23.8 Å². The maximum atomic E-state index is 11.1. The molecule has 0 saturated carbocycles. The number of nitrogens with one attached hydrogen (secondary N) is 1. The molecule has 0 amide bonds. The molecule has 5 heteroatoms. The summed E-state index contributed by atoms with van der Waals surface area (Å²) in [5.74, 6) is 0. The summed E-state index contributed by atoms with van der Waals surface area (Å²) < 4.78 is 2.37. The van der Waals surface area contributed by atoms with Crippen LogP contribution >= 0.6 is 12.2 Å². The molecule has 4 nitrogen and oxygen atoms in total. The Morgan fingerprint density at radius 3 is 2.56 bits per heavy atom. The molecule has 0 radical (unpaired) electrons. The van der Waals surface area contributed by atoms with Crippen LogP contribution in [0.4, 0.5) is 0 Å². The number of rotatable bonds is 1. The third-order valence-corrected chi connectivity index (χ3v) is 3.49. The van der Waals surface area contributed by atoms with E-state index in [4.69, 9.17) is 12.2 Å². The van der Waals surface area contributed by atoms with E-state index in [9.17, 15) is 4.79 Å². The highest BCUT2D eigenvalue weighted by Crippen LogP contribution is 2.20. The molecule has 1 aliphatic heterocycles. The molecule has 1 N–H and O–H groups in total. The van der Waals surface area contributed by atoms with Gasteiger partial charge in [-0.1, -0.05) is 0 Å². The van der Waals surface area contributed by atoms with Crippen molar-refractivity contribution in [2.24, 2.45) is 0 Å². The molecule has 1 aliphatic rings. The lowest BCUT2D eigenvalue weighted by molar-refractivity contribution is 0.331. The minimum absolute atomic E-state index is 0.140. The van der Waals surface area contributed by atoms with Crippen LogP contribution in [0, 0.1) is 4.77 Å². The average molecular weight is 239 g/mol. The van der Waals surface area contributed by atoms with E-state index in [-0.39, 0.29) is 5.56 Å². The molecule has 2 heterocycles. The van der Waals surface area contributed by atoms with Gasteiger partial charge in [0.25, 0.3) is 5.56 Å². The molecule has 0 aromatic carbocycles. The monoisotopic (exact) mass is 239 g/mol. The highest BCUT2D eigenvalue weighted by Gasteiger charge is 2.24. The number of piperidine rings is 1. The normalized spacial score (nSPS) is 25.8. The van der Waals surface area contributed by atoms with Gasteiger partial charge in [-0.15, -0.1) is 0 Å². The van der Waals surface area contributed by atoms with Crippen LogP contribution in [0.25, 0.3) is 0 Å². The lowest BCUT2D eigenvalue weighted by atomic mass is 10.00. The summed E-state index contributed by atoms with van der Waals surface area (Å²) in [4.78, 5) is 13.8. The van der Waals surface area contributed by atoms with Crippen molar-refractivity contribution >= 4 is 12.2 Å². The smallest absolute Gasteiger partial charge is 0.251 e. The maximum absolute atomic E-state index is 11.1. The second-order valence-electron chi connectivity index (χ2n) is 4.46. The van der Waals surface area contributed by atoms with E-state index in [1.807, 2.05) is 4.68 Å². The van der Waals surface area contributed by atoms with Crippen LogP contribution in [0.2, 0.25) is 0 Å². The minimum atomic E-state index is -0.140. The summed E-state index contributed by atoms with van der Waals surface area (Å²) in [5, 5.41) is 2.25. The summed E-state index contributed by atoms with van der Waals surface area (Å²) >= 11 is 5.19. The van der Waals surface area contributed by atoms with Crippen molar-refractivity contribution in [2.45, 2.75) is 45.2 Å². The van der Waals surface area contributed by atoms with Crippen molar-refractivity contribution in [3.05, 3.63) is 27.4 Å². The van der Waals surface area contributed by atoms with Crippen LogP contribution in [0.1, 0.15) is 33.1 Å². The van der Waals surface area contributed by atoms with Gasteiger partial charge in [-0.25, -0.2) is 4.68 Å². The third kappa shape index (κ3) is 2.04. The van der Waals surface area contributed by atoms with Gasteiger partial charge in [0.1, 0.15) is 0 Å². The molecule has 2 atom stereocenters. The van der Waals surface area contributed by atoms with Gasteiger partial charge in [0.2, 0.25) is 0 Å². The van der Waals surface area contributed by atoms with Crippen LogP contribution in [-0.4, -0.2) is 21.7 Å². The Bertz CT molecular complexity index is 469. The Morgan fingerprint density at radius 2 is 2.00 bits per heavy atom. The Kier molecular flexibility index (Phi) is 3.14. The minimum Gasteiger partial charge on any atom is -0.305 e. The fourth-order valence-corrected chi connectivity index (χ4v) is 2.68. The molecular weight excluding hydrogens is 222 g/mol. The van der Waals surface area contributed by atoms with Crippen LogP contribution in [0.15, 0.2) is 17.1 Å². The van der Waals surface area contributed by atoms with Gasteiger partial charge >= 0.3 is 0 Å². The van der Waals surface area contributed by atoms with Gasteiger partial charge in [-0.05, 0) is 45.3 Å². The van der Waals surface area contributed by atoms with Gasteiger partial charge in [-0.3, -0.25) is 9.78 Å². The van der Waals surface area contributed by atoms with Gasteiger partial charge in [0.15, 0.2) is 4.77 Å². The van der Waals surface area contributed by atoms with E-state index in [1.54, 1.807) is 6.20 Å². The molecule has 1 fully saturated rings. The highest BCUT2D eigenvalue weighted by molar-refractivity contribution is 7.71. The van der Waals surface area contributed by atoms with E-state index >= 15 is 0 Å². The zero-order chi connectivity index (χ0) is 11.7. The van der Waals surface area contributed by atoms with Crippen LogP contribution in [0.3, 0.4) is 0 Å². The first-order chi connectivity index (χ1) is 7.59. The van der Waals surface area contributed by atoms with Crippen LogP contribution in [-0.2, 0) is 0 Å². The third-order valence-electron chi connectivity index (χ3n) is 3.20. The average Bonchev–Trinajstić information content (AvgIpc) is 2.20. The Morgan fingerprint density at radius 1 is 1.38 bits per heavy atom. The van der Waals surface area contributed by atoms with Crippen LogP contribution in [0.5, 0.6) is 0 Å². The van der Waals surface area contributed by atoms with E-state index in [0.717, 1.165) is 0 Å². The first-order valence-electron chi connectivity index (χ1n) is 5.70. The predicted molar refractivity (Wildman–Crippen MR) is 66.9 cm³/mol. The fourth-order valence-electron chi connectivity index (χ4n) is 2.42. The summed E-state index contributed by atoms with van der Waals surface area (Å²) in [6.07, 6.45) is 5.37. The van der Waals surface area contributed by atoms with Crippen molar-refractivity contribution in [3.63, 3.8) is 0 Å². The molecule has 0 bridgehead atoms. The van der Waals surface area contributed by atoms with E-state index in [0.29, 0.717) is 16.9 Å². The summed E-state index contributed by atoms with van der Waals surface area (Å²) in [7, 11) is 0. The van der Waals surface area contributed by atoms with Gasteiger partial charge in [0, 0.05) is 24.3 Å². The second kappa shape index (κ2) is 4.41. The topological polar surface area (TPSA) is 41.0 Å².